The molecule has 1 rings (SSSR count). The first-order valence-electron chi connectivity index (χ1n) is 6.62. The van der Waals surface area contributed by atoms with Crippen LogP contribution in [0.2, 0.25) is 0 Å². The molecule has 2 atom stereocenters. The summed E-state index contributed by atoms with van der Waals surface area (Å²) >= 11 is 0. The number of alkyl halides is 3. The predicted molar refractivity (Wildman–Crippen MR) is 73.2 cm³/mol. The molecule has 1 aromatic rings. The highest BCUT2D eigenvalue weighted by Crippen LogP contribution is 2.38. The van der Waals surface area contributed by atoms with Crippen molar-refractivity contribution in [3.8, 4) is 0 Å². The Kier molecular flexibility index (Phi) is 5.21. The van der Waals surface area contributed by atoms with Gasteiger partial charge in [0.2, 0.25) is 0 Å². The van der Waals surface area contributed by atoms with Gasteiger partial charge in [0.25, 0.3) is 0 Å². The molecule has 2 N–H and O–H groups in total. The Bertz CT molecular complexity index is 437. The van der Waals surface area contributed by atoms with Gasteiger partial charge in [0.15, 0.2) is 0 Å². The molecule has 0 aliphatic rings. The standard InChI is InChI=1S/C15H22F3NO/c1-5-20-13(14(2,3)4)12(19)10-8-6-7-9-11(10)15(16,17)18/h6-9,12-13H,5,19H2,1-4H3. The van der Waals surface area contributed by atoms with Gasteiger partial charge >= 0.3 is 6.18 Å². The third kappa shape index (κ3) is 3.96. The van der Waals surface area contributed by atoms with Gasteiger partial charge in [-0.2, -0.15) is 13.2 Å². The lowest BCUT2D eigenvalue weighted by Gasteiger charge is -2.36. The molecule has 0 aliphatic carbocycles. The lowest BCUT2D eigenvalue weighted by Crippen LogP contribution is -2.40. The van der Waals surface area contributed by atoms with Crippen LogP contribution in [0.15, 0.2) is 24.3 Å². The molecule has 0 aliphatic heterocycles. The highest BCUT2D eigenvalue weighted by atomic mass is 19.4. The number of benzene rings is 1. The van der Waals surface area contributed by atoms with Crippen LogP contribution in [0.25, 0.3) is 0 Å². The summed E-state index contributed by atoms with van der Waals surface area (Å²) in [6.07, 6.45) is -4.90. The van der Waals surface area contributed by atoms with Crippen LogP contribution in [-0.4, -0.2) is 12.7 Å². The third-order valence-corrected chi connectivity index (χ3v) is 3.15. The molecule has 2 nitrogen and oxygen atoms in total. The van der Waals surface area contributed by atoms with Crippen LogP contribution in [0.1, 0.15) is 44.9 Å². The Morgan fingerprint density at radius 3 is 2.15 bits per heavy atom. The molecule has 0 saturated carbocycles. The molecule has 20 heavy (non-hydrogen) atoms. The largest absolute Gasteiger partial charge is 0.416 e. The van der Waals surface area contributed by atoms with Gasteiger partial charge in [0.05, 0.1) is 17.7 Å². The summed E-state index contributed by atoms with van der Waals surface area (Å²) in [6, 6.07) is 4.58. The summed E-state index contributed by atoms with van der Waals surface area (Å²) in [7, 11) is 0. The lowest BCUT2D eigenvalue weighted by molar-refractivity contribution is -0.139. The SMILES string of the molecule is CCOC(C(N)c1ccccc1C(F)(F)F)C(C)(C)C. The van der Waals surface area contributed by atoms with Crippen molar-refractivity contribution in [3.05, 3.63) is 35.4 Å². The molecule has 0 fully saturated rings. The van der Waals surface area contributed by atoms with Crippen LogP contribution in [0.5, 0.6) is 0 Å². The highest BCUT2D eigenvalue weighted by Gasteiger charge is 2.38. The third-order valence-electron chi connectivity index (χ3n) is 3.15. The van der Waals surface area contributed by atoms with Crippen molar-refractivity contribution in [2.24, 2.45) is 11.1 Å². The summed E-state index contributed by atoms with van der Waals surface area (Å²) in [5.41, 5.74) is 5.12. The van der Waals surface area contributed by atoms with E-state index in [1.54, 1.807) is 13.0 Å². The van der Waals surface area contributed by atoms with Crippen molar-refractivity contribution in [2.75, 3.05) is 6.61 Å². The number of nitrogens with two attached hydrogens (primary N) is 1. The van der Waals surface area contributed by atoms with E-state index in [1.807, 2.05) is 20.8 Å². The second kappa shape index (κ2) is 6.14. The summed E-state index contributed by atoms with van der Waals surface area (Å²) in [5.74, 6) is 0. The molecule has 0 bridgehead atoms. The molecular formula is C15H22F3NO. The van der Waals surface area contributed by atoms with E-state index in [2.05, 4.69) is 0 Å². The van der Waals surface area contributed by atoms with E-state index in [0.717, 1.165) is 6.07 Å². The Morgan fingerprint density at radius 1 is 1.15 bits per heavy atom. The zero-order valence-electron chi connectivity index (χ0n) is 12.3. The minimum absolute atomic E-state index is 0.0772. The van der Waals surface area contributed by atoms with Crippen LogP contribution in [0, 0.1) is 5.41 Å². The van der Waals surface area contributed by atoms with Crippen LogP contribution in [0.4, 0.5) is 13.2 Å². The Labute approximate surface area is 118 Å². The van der Waals surface area contributed by atoms with E-state index < -0.39 is 23.9 Å². The molecular weight excluding hydrogens is 267 g/mol. The molecule has 0 spiro atoms. The first kappa shape index (κ1) is 17.0. The minimum atomic E-state index is -4.41. The topological polar surface area (TPSA) is 35.2 Å². The Balaban J connectivity index is 3.22. The molecule has 0 amide bonds. The lowest BCUT2D eigenvalue weighted by atomic mass is 9.81. The van der Waals surface area contributed by atoms with Gasteiger partial charge < -0.3 is 10.5 Å². The summed E-state index contributed by atoms with van der Waals surface area (Å²) in [6.45, 7) is 7.93. The molecule has 0 heterocycles. The van der Waals surface area contributed by atoms with Crippen molar-refractivity contribution in [1.82, 2.24) is 0 Å². The van der Waals surface area contributed by atoms with Crippen molar-refractivity contribution in [3.63, 3.8) is 0 Å². The van der Waals surface area contributed by atoms with Gasteiger partial charge in [0, 0.05) is 6.61 Å². The minimum Gasteiger partial charge on any atom is -0.376 e. The maximum absolute atomic E-state index is 13.1. The van der Waals surface area contributed by atoms with E-state index in [9.17, 15) is 13.2 Å². The Hall–Kier alpha value is -1.07. The van der Waals surface area contributed by atoms with Gasteiger partial charge in [-0.05, 0) is 24.0 Å². The van der Waals surface area contributed by atoms with Gasteiger partial charge in [-0.3, -0.25) is 0 Å². The zero-order valence-corrected chi connectivity index (χ0v) is 12.3. The fourth-order valence-electron chi connectivity index (χ4n) is 2.28. The number of hydrogen-bond acceptors (Lipinski definition) is 2. The van der Waals surface area contributed by atoms with Gasteiger partial charge in [-0.25, -0.2) is 0 Å². The van der Waals surface area contributed by atoms with Gasteiger partial charge in [-0.15, -0.1) is 0 Å². The first-order valence-corrected chi connectivity index (χ1v) is 6.62. The number of rotatable bonds is 4. The van der Waals surface area contributed by atoms with Gasteiger partial charge in [-0.1, -0.05) is 39.0 Å². The molecule has 5 heteroatoms. The van der Waals surface area contributed by atoms with Crippen molar-refractivity contribution in [2.45, 2.75) is 46.0 Å². The van der Waals surface area contributed by atoms with E-state index in [-0.39, 0.29) is 11.0 Å². The van der Waals surface area contributed by atoms with E-state index >= 15 is 0 Å². The summed E-state index contributed by atoms with van der Waals surface area (Å²) in [4.78, 5) is 0. The smallest absolute Gasteiger partial charge is 0.376 e. The summed E-state index contributed by atoms with van der Waals surface area (Å²) < 4.78 is 44.8. The van der Waals surface area contributed by atoms with Crippen molar-refractivity contribution >= 4 is 0 Å². The van der Waals surface area contributed by atoms with Gasteiger partial charge in [0.1, 0.15) is 0 Å². The van der Waals surface area contributed by atoms with Crippen LogP contribution >= 0.6 is 0 Å². The fraction of sp³-hybridized carbons (Fsp3) is 0.600. The van der Waals surface area contributed by atoms with Crippen molar-refractivity contribution < 1.29 is 17.9 Å². The van der Waals surface area contributed by atoms with E-state index in [1.165, 1.54) is 12.1 Å². The second-order valence-corrected chi connectivity index (χ2v) is 5.85. The Morgan fingerprint density at radius 2 is 1.70 bits per heavy atom. The molecule has 2 unspecified atom stereocenters. The second-order valence-electron chi connectivity index (χ2n) is 5.85. The molecule has 0 radical (unpaired) electrons. The van der Waals surface area contributed by atoms with Crippen LogP contribution in [-0.2, 0) is 10.9 Å². The first-order chi connectivity index (χ1) is 9.09. The molecule has 0 aromatic heterocycles. The van der Waals surface area contributed by atoms with Crippen LogP contribution < -0.4 is 5.73 Å². The monoisotopic (exact) mass is 289 g/mol. The average molecular weight is 289 g/mol. The van der Waals surface area contributed by atoms with Crippen molar-refractivity contribution in [1.29, 1.82) is 0 Å². The highest BCUT2D eigenvalue weighted by molar-refractivity contribution is 5.33. The number of halogens is 3. The summed E-state index contributed by atoms with van der Waals surface area (Å²) in [5, 5.41) is 0. The molecule has 114 valence electrons. The van der Waals surface area contributed by atoms with E-state index in [4.69, 9.17) is 10.5 Å². The molecule has 1 aromatic carbocycles. The molecule has 0 saturated heterocycles. The predicted octanol–water partition coefficient (Wildman–Crippen LogP) is 4.16. The number of hydrogen-bond donors (Lipinski definition) is 1. The number of ether oxygens (including phenoxy) is 1. The maximum Gasteiger partial charge on any atom is 0.416 e. The maximum atomic E-state index is 13.1. The normalized spacial score (nSPS) is 16.0. The quantitative estimate of drug-likeness (QED) is 0.903. The van der Waals surface area contributed by atoms with E-state index in [0.29, 0.717) is 6.61 Å². The fourth-order valence-corrected chi connectivity index (χ4v) is 2.28. The zero-order chi connectivity index (χ0) is 15.6. The average Bonchev–Trinajstić information content (AvgIpc) is 2.32. The van der Waals surface area contributed by atoms with Crippen LogP contribution in [0.3, 0.4) is 0 Å².